The third-order valence-corrected chi connectivity index (χ3v) is 2.80. The van der Waals surface area contributed by atoms with Crippen molar-refractivity contribution in [3.05, 3.63) is 0 Å². The maximum absolute atomic E-state index is 11.8. The molecule has 0 unspecified atom stereocenters. The molecule has 4 nitrogen and oxygen atoms in total. The normalized spacial score (nSPS) is 10.9. The number of carbonyl (C=O) groups excluding carboxylic acids is 1. The molecule has 0 aliphatic heterocycles. The van der Waals surface area contributed by atoms with Gasteiger partial charge in [0.25, 0.3) is 0 Å². The Labute approximate surface area is 104 Å². The molecule has 0 aromatic rings. The average molecular weight is 245 g/mol. The lowest BCUT2D eigenvalue weighted by Gasteiger charge is -2.26. The van der Waals surface area contributed by atoms with Crippen LogP contribution in [-0.2, 0) is 4.79 Å². The second-order valence-corrected chi connectivity index (χ2v) is 4.71. The zero-order valence-corrected chi connectivity index (χ0v) is 11.5. The van der Waals surface area contributed by atoms with E-state index in [0.717, 1.165) is 6.54 Å². The van der Waals surface area contributed by atoms with Crippen LogP contribution in [0.3, 0.4) is 0 Å². The van der Waals surface area contributed by atoms with Gasteiger partial charge in [0, 0.05) is 26.1 Å². The van der Waals surface area contributed by atoms with E-state index in [2.05, 4.69) is 25.7 Å². The van der Waals surface area contributed by atoms with Gasteiger partial charge in [0.15, 0.2) is 0 Å². The van der Waals surface area contributed by atoms with Crippen LogP contribution in [0, 0.1) is 0 Å². The van der Waals surface area contributed by atoms with Crippen LogP contribution in [0.1, 0.15) is 27.2 Å². The van der Waals surface area contributed by atoms with Crippen LogP contribution in [0.2, 0.25) is 0 Å². The molecule has 0 heterocycles. The summed E-state index contributed by atoms with van der Waals surface area (Å²) >= 11 is 4.78. The summed E-state index contributed by atoms with van der Waals surface area (Å²) in [5.74, 6) is 0.117. The van der Waals surface area contributed by atoms with Crippen molar-refractivity contribution in [2.24, 2.45) is 5.73 Å². The van der Waals surface area contributed by atoms with Gasteiger partial charge in [-0.1, -0.05) is 19.1 Å². The summed E-state index contributed by atoms with van der Waals surface area (Å²) < 4.78 is 0. The summed E-state index contributed by atoms with van der Waals surface area (Å²) in [5, 5.41) is 0. The van der Waals surface area contributed by atoms with Gasteiger partial charge in [-0.3, -0.25) is 9.69 Å². The van der Waals surface area contributed by atoms with Crippen molar-refractivity contribution in [3.8, 4) is 0 Å². The first-order valence-corrected chi connectivity index (χ1v) is 6.05. The second kappa shape index (κ2) is 7.57. The number of carbonyl (C=O) groups is 1. The molecule has 0 rings (SSSR count). The fraction of sp³-hybridized carbons (Fsp3) is 0.818. The number of hydrogen-bond donors (Lipinski definition) is 1. The van der Waals surface area contributed by atoms with E-state index < -0.39 is 0 Å². The van der Waals surface area contributed by atoms with Crippen LogP contribution in [0.4, 0.5) is 0 Å². The lowest BCUT2D eigenvalue weighted by molar-refractivity contribution is -0.131. The Morgan fingerprint density at radius 2 is 2.00 bits per heavy atom. The van der Waals surface area contributed by atoms with Crippen LogP contribution in [0.25, 0.3) is 0 Å². The predicted molar refractivity (Wildman–Crippen MR) is 71.4 cm³/mol. The molecule has 0 spiro atoms. The Kier molecular flexibility index (Phi) is 7.25. The largest absolute Gasteiger partial charge is 0.393 e. The monoisotopic (exact) mass is 245 g/mol. The molecule has 5 heteroatoms. The number of likely N-dealkylation sites (N-methyl/N-ethyl adjacent to an activating group) is 2. The SMILES string of the molecule is CCN(CC(=O)N(C)CCC(N)=S)C(C)C. The highest BCUT2D eigenvalue weighted by Gasteiger charge is 2.15. The molecule has 1 amide bonds. The predicted octanol–water partition coefficient (Wildman–Crippen LogP) is 0.851. The van der Waals surface area contributed by atoms with Gasteiger partial charge >= 0.3 is 0 Å². The number of nitrogens with zero attached hydrogens (tertiary/aromatic N) is 2. The molecule has 0 radical (unpaired) electrons. The van der Waals surface area contributed by atoms with Crippen molar-refractivity contribution in [3.63, 3.8) is 0 Å². The highest BCUT2D eigenvalue weighted by molar-refractivity contribution is 7.80. The zero-order chi connectivity index (χ0) is 12.7. The fourth-order valence-corrected chi connectivity index (χ4v) is 1.45. The van der Waals surface area contributed by atoms with E-state index >= 15 is 0 Å². The van der Waals surface area contributed by atoms with Crippen LogP contribution >= 0.6 is 12.2 Å². The van der Waals surface area contributed by atoms with E-state index in [1.54, 1.807) is 11.9 Å². The molecule has 0 saturated heterocycles. The number of thiocarbonyl (C=S) groups is 1. The molecule has 0 bridgehead atoms. The molecule has 0 aromatic heterocycles. The molecule has 0 saturated carbocycles. The summed E-state index contributed by atoms with van der Waals surface area (Å²) in [5.41, 5.74) is 5.40. The summed E-state index contributed by atoms with van der Waals surface area (Å²) in [4.78, 5) is 16.1. The highest BCUT2D eigenvalue weighted by atomic mass is 32.1. The Balaban J connectivity index is 4.08. The van der Waals surface area contributed by atoms with E-state index in [9.17, 15) is 4.79 Å². The topological polar surface area (TPSA) is 49.6 Å². The smallest absolute Gasteiger partial charge is 0.236 e. The molecule has 0 atom stereocenters. The molecular formula is C11H23N3OS. The summed E-state index contributed by atoms with van der Waals surface area (Å²) in [6, 6.07) is 0.387. The van der Waals surface area contributed by atoms with Gasteiger partial charge in [-0.05, 0) is 20.4 Å². The first-order valence-electron chi connectivity index (χ1n) is 5.64. The maximum Gasteiger partial charge on any atom is 0.236 e. The molecule has 0 aliphatic rings. The minimum absolute atomic E-state index is 0.117. The Morgan fingerprint density at radius 1 is 1.44 bits per heavy atom. The lowest BCUT2D eigenvalue weighted by atomic mass is 10.3. The van der Waals surface area contributed by atoms with Gasteiger partial charge in [0.1, 0.15) is 0 Å². The van der Waals surface area contributed by atoms with E-state index in [1.807, 2.05) is 0 Å². The van der Waals surface area contributed by atoms with Gasteiger partial charge in [0.05, 0.1) is 11.5 Å². The van der Waals surface area contributed by atoms with Crippen LogP contribution < -0.4 is 5.73 Å². The van der Waals surface area contributed by atoms with Crippen molar-refractivity contribution in [2.75, 3.05) is 26.7 Å². The van der Waals surface area contributed by atoms with Crippen LogP contribution in [0.15, 0.2) is 0 Å². The molecular weight excluding hydrogens is 222 g/mol. The van der Waals surface area contributed by atoms with Crippen molar-refractivity contribution in [1.82, 2.24) is 9.80 Å². The number of amides is 1. The Bertz CT molecular complexity index is 243. The molecule has 2 N–H and O–H groups in total. The quantitative estimate of drug-likeness (QED) is 0.676. The van der Waals surface area contributed by atoms with E-state index in [4.69, 9.17) is 18.0 Å². The number of nitrogens with two attached hydrogens (primary N) is 1. The zero-order valence-electron chi connectivity index (χ0n) is 10.7. The Hall–Kier alpha value is -0.680. The third-order valence-electron chi connectivity index (χ3n) is 2.59. The lowest BCUT2D eigenvalue weighted by Crippen LogP contribution is -2.42. The molecule has 16 heavy (non-hydrogen) atoms. The highest BCUT2D eigenvalue weighted by Crippen LogP contribution is 1.99. The first kappa shape index (κ1) is 15.3. The molecule has 94 valence electrons. The second-order valence-electron chi connectivity index (χ2n) is 4.19. The summed E-state index contributed by atoms with van der Waals surface area (Å²) in [7, 11) is 1.79. The summed E-state index contributed by atoms with van der Waals surface area (Å²) in [6.07, 6.45) is 0.589. The molecule has 0 fully saturated rings. The maximum atomic E-state index is 11.8. The molecule has 0 aliphatic carbocycles. The van der Waals surface area contributed by atoms with Gasteiger partial charge in [0.2, 0.25) is 5.91 Å². The van der Waals surface area contributed by atoms with Crippen molar-refractivity contribution in [1.29, 1.82) is 0 Å². The van der Waals surface area contributed by atoms with Crippen molar-refractivity contribution in [2.45, 2.75) is 33.2 Å². The van der Waals surface area contributed by atoms with Gasteiger partial charge < -0.3 is 10.6 Å². The Morgan fingerprint density at radius 3 is 2.38 bits per heavy atom. The van der Waals surface area contributed by atoms with E-state index in [-0.39, 0.29) is 5.91 Å². The third kappa shape index (κ3) is 6.02. The number of rotatable bonds is 7. The fourth-order valence-electron chi connectivity index (χ4n) is 1.36. The first-order chi connectivity index (χ1) is 7.38. The van der Waals surface area contributed by atoms with Crippen LogP contribution in [-0.4, -0.2) is 53.4 Å². The summed E-state index contributed by atoms with van der Waals surface area (Å²) in [6.45, 7) is 8.18. The number of hydrogen-bond acceptors (Lipinski definition) is 3. The van der Waals surface area contributed by atoms with Gasteiger partial charge in [-0.25, -0.2) is 0 Å². The minimum atomic E-state index is 0.117. The van der Waals surface area contributed by atoms with Crippen molar-refractivity contribution >= 4 is 23.1 Å². The van der Waals surface area contributed by atoms with E-state index in [1.165, 1.54) is 0 Å². The molecule has 0 aromatic carbocycles. The van der Waals surface area contributed by atoms with Gasteiger partial charge in [-0.15, -0.1) is 0 Å². The minimum Gasteiger partial charge on any atom is -0.393 e. The standard InChI is InChI=1S/C11H23N3OS/c1-5-14(9(2)3)8-11(15)13(4)7-6-10(12)16/h9H,5-8H2,1-4H3,(H2,12,16). The van der Waals surface area contributed by atoms with E-state index in [0.29, 0.717) is 30.5 Å². The van der Waals surface area contributed by atoms with Crippen LogP contribution in [0.5, 0.6) is 0 Å². The average Bonchev–Trinajstić information content (AvgIpc) is 2.21. The van der Waals surface area contributed by atoms with Crippen molar-refractivity contribution < 1.29 is 4.79 Å². The van der Waals surface area contributed by atoms with Gasteiger partial charge in [-0.2, -0.15) is 0 Å².